The topological polar surface area (TPSA) is 29.1 Å². The first-order valence-electron chi connectivity index (χ1n) is 7.30. The number of nitrogens with one attached hydrogen (secondary N) is 1. The summed E-state index contributed by atoms with van der Waals surface area (Å²) in [6.45, 7) is 0. The second-order valence-electron chi connectivity index (χ2n) is 5.86. The van der Waals surface area contributed by atoms with Crippen LogP contribution < -0.4 is 5.32 Å². The number of amides is 1. The number of carbonyl (C=O) groups is 1. The van der Waals surface area contributed by atoms with Crippen LogP contribution in [0.5, 0.6) is 0 Å². The molecule has 2 saturated carbocycles. The fourth-order valence-corrected chi connectivity index (χ4v) is 3.10. The van der Waals surface area contributed by atoms with Crippen LogP contribution in [-0.4, -0.2) is 11.9 Å². The maximum Gasteiger partial charge on any atom is 0.228 e. The van der Waals surface area contributed by atoms with E-state index in [-0.39, 0.29) is 17.6 Å². The molecule has 0 bridgehead atoms. The van der Waals surface area contributed by atoms with Gasteiger partial charge in [-0.3, -0.25) is 4.79 Å². The van der Waals surface area contributed by atoms with Crippen molar-refractivity contribution in [2.45, 2.75) is 50.5 Å². The molecule has 19 heavy (non-hydrogen) atoms. The minimum atomic E-state index is -0.241. The Morgan fingerprint density at radius 1 is 1.11 bits per heavy atom. The third kappa shape index (κ3) is 2.96. The summed E-state index contributed by atoms with van der Waals surface area (Å²) in [6.07, 6.45) is 6.87. The Labute approximate surface area is 113 Å². The Bertz CT molecular complexity index is 446. The van der Waals surface area contributed by atoms with Gasteiger partial charge in [-0.25, -0.2) is 4.39 Å². The van der Waals surface area contributed by atoms with Crippen LogP contribution in [0, 0.1) is 11.7 Å². The Morgan fingerprint density at radius 3 is 2.32 bits per heavy atom. The summed E-state index contributed by atoms with van der Waals surface area (Å²) < 4.78 is 13.0. The van der Waals surface area contributed by atoms with Gasteiger partial charge in [-0.05, 0) is 49.3 Å². The van der Waals surface area contributed by atoms with Crippen LogP contribution in [0.3, 0.4) is 0 Å². The van der Waals surface area contributed by atoms with E-state index in [2.05, 4.69) is 5.32 Å². The highest BCUT2D eigenvalue weighted by molar-refractivity contribution is 5.84. The molecule has 2 aliphatic rings. The molecule has 1 N–H and O–H groups in total. The first kappa shape index (κ1) is 12.6. The van der Waals surface area contributed by atoms with Gasteiger partial charge in [-0.15, -0.1) is 0 Å². The van der Waals surface area contributed by atoms with Gasteiger partial charge in [0.15, 0.2) is 0 Å². The summed E-state index contributed by atoms with van der Waals surface area (Å²) in [5.74, 6) is 0.267. The summed E-state index contributed by atoms with van der Waals surface area (Å²) >= 11 is 0. The molecular weight excluding hydrogens is 241 g/mol. The van der Waals surface area contributed by atoms with E-state index in [9.17, 15) is 9.18 Å². The third-order valence-corrected chi connectivity index (χ3v) is 4.31. The van der Waals surface area contributed by atoms with Crippen LogP contribution in [0.4, 0.5) is 4.39 Å². The quantitative estimate of drug-likeness (QED) is 0.884. The predicted molar refractivity (Wildman–Crippen MR) is 72.3 cm³/mol. The fourth-order valence-electron chi connectivity index (χ4n) is 3.10. The van der Waals surface area contributed by atoms with Gasteiger partial charge in [-0.2, -0.15) is 0 Å². The maximum absolute atomic E-state index is 13.0. The smallest absolute Gasteiger partial charge is 0.228 e. The molecule has 1 amide bonds. The Balaban J connectivity index is 1.72. The SMILES string of the molecule is O=C(NC1CCCC1)C(c1ccc(F)cc1)C1CC1. The van der Waals surface area contributed by atoms with Gasteiger partial charge in [0, 0.05) is 6.04 Å². The van der Waals surface area contributed by atoms with Crippen molar-refractivity contribution in [3.05, 3.63) is 35.6 Å². The van der Waals surface area contributed by atoms with Gasteiger partial charge >= 0.3 is 0 Å². The van der Waals surface area contributed by atoms with Gasteiger partial charge in [0.25, 0.3) is 0 Å². The van der Waals surface area contributed by atoms with Crippen LogP contribution in [0.15, 0.2) is 24.3 Å². The van der Waals surface area contributed by atoms with Crippen molar-refractivity contribution in [1.82, 2.24) is 5.32 Å². The predicted octanol–water partition coefficient (Wildman–Crippen LogP) is 3.38. The van der Waals surface area contributed by atoms with Gasteiger partial charge in [-0.1, -0.05) is 25.0 Å². The number of halogens is 1. The molecule has 2 fully saturated rings. The maximum atomic E-state index is 13.0. The van der Waals surface area contributed by atoms with Crippen molar-refractivity contribution in [2.75, 3.05) is 0 Å². The summed E-state index contributed by atoms with van der Waals surface area (Å²) in [5.41, 5.74) is 0.958. The van der Waals surface area contributed by atoms with Crippen molar-refractivity contribution in [3.63, 3.8) is 0 Å². The first-order chi connectivity index (χ1) is 9.24. The number of benzene rings is 1. The molecule has 1 aromatic carbocycles. The van der Waals surface area contributed by atoms with Crippen LogP contribution >= 0.6 is 0 Å². The fraction of sp³-hybridized carbons (Fsp3) is 0.562. The zero-order valence-electron chi connectivity index (χ0n) is 11.1. The lowest BCUT2D eigenvalue weighted by Gasteiger charge is -2.20. The first-order valence-corrected chi connectivity index (χ1v) is 7.30. The molecule has 3 heteroatoms. The molecule has 0 spiro atoms. The normalized spacial score (nSPS) is 21.3. The van der Waals surface area contributed by atoms with Crippen LogP contribution in [0.25, 0.3) is 0 Å². The summed E-state index contributed by atoms with van der Waals surface area (Å²) in [4.78, 5) is 12.5. The van der Waals surface area contributed by atoms with E-state index in [1.165, 1.54) is 25.0 Å². The van der Waals surface area contributed by atoms with Crippen LogP contribution in [-0.2, 0) is 4.79 Å². The second kappa shape index (κ2) is 5.32. The van der Waals surface area contributed by atoms with Gasteiger partial charge < -0.3 is 5.32 Å². The molecule has 102 valence electrons. The van der Waals surface area contributed by atoms with E-state index in [1.807, 2.05) is 0 Å². The Hall–Kier alpha value is -1.38. The third-order valence-electron chi connectivity index (χ3n) is 4.31. The van der Waals surface area contributed by atoms with Gasteiger partial charge in [0.2, 0.25) is 5.91 Å². The van der Waals surface area contributed by atoms with E-state index in [0.717, 1.165) is 31.2 Å². The second-order valence-corrected chi connectivity index (χ2v) is 5.86. The van der Waals surface area contributed by atoms with E-state index in [1.54, 1.807) is 12.1 Å². The van der Waals surface area contributed by atoms with Crippen LogP contribution in [0.2, 0.25) is 0 Å². The zero-order valence-corrected chi connectivity index (χ0v) is 11.1. The standard InChI is InChI=1S/C16H20FNO/c17-13-9-7-12(8-10-13)15(11-5-6-11)16(19)18-14-3-1-2-4-14/h7-11,14-15H,1-6H2,(H,18,19). The molecule has 3 rings (SSSR count). The molecular formula is C16H20FNO. The average Bonchev–Trinajstić information content (AvgIpc) is 3.09. The van der Waals surface area contributed by atoms with Crippen molar-refractivity contribution >= 4 is 5.91 Å². The highest BCUT2D eigenvalue weighted by Crippen LogP contribution is 2.43. The summed E-state index contributed by atoms with van der Waals surface area (Å²) in [7, 11) is 0. The lowest BCUT2D eigenvalue weighted by atomic mass is 9.93. The monoisotopic (exact) mass is 261 g/mol. The lowest BCUT2D eigenvalue weighted by Crippen LogP contribution is -2.37. The largest absolute Gasteiger partial charge is 0.353 e. The minimum Gasteiger partial charge on any atom is -0.353 e. The Kier molecular flexibility index (Phi) is 3.54. The summed E-state index contributed by atoms with van der Waals surface area (Å²) in [5, 5.41) is 3.18. The zero-order chi connectivity index (χ0) is 13.2. The van der Waals surface area contributed by atoms with E-state index in [4.69, 9.17) is 0 Å². The molecule has 1 unspecified atom stereocenters. The van der Waals surface area contributed by atoms with E-state index in [0.29, 0.717) is 12.0 Å². The molecule has 2 nitrogen and oxygen atoms in total. The van der Waals surface area contributed by atoms with Crippen molar-refractivity contribution in [3.8, 4) is 0 Å². The minimum absolute atomic E-state index is 0.0822. The van der Waals surface area contributed by atoms with Crippen molar-refractivity contribution in [1.29, 1.82) is 0 Å². The molecule has 0 aromatic heterocycles. The van der Waals surface area contributed by atoms with Gasteiger partial charge in [0.1, 0.15) is 5.82 Å². The molecule has 0 radical (unpaired) electrons. The molecule has 2 aliphatic carbocycles. The summed E-state index contributed by atoms with van der Waals surface area (Å²) in [6, 6.07) is 6.77. The highest BCUT2D eigenvalue weighted by atomic mass is 19.1. The lowest BCUT2D eigenvalue weighted by molar-refractivity contribution is -0.123. The van der Waals surface area contributed by atoms with Crippen LogP contribution in [0.1, 0.15) is 50.0 Å². The molecule has 0 saturated heterocycles. The highest BCUT2D eigenvalue weighted by Gasteiger charge is 2.38. The number of rotatable bonds is 4. The molecule has 0 heterocycles. The van der Waals surface area contributed by atoms with E-state index < -0.39 is 0 Å². The van der Waals surface area contributed by atoms with Gasteiger partial charge in [0.05, 0.1) is 5.92 Å². The number of carbonyl (C=O) groups excluding carboxylic acids is 1. The average molecular weight is 261 g/mol. The number of hydrogen-bond acceptors (Lipinski definition) is 1. The molecule has 0 aliphatic heterocycles. The Morgan fingerprint density at radius 2 is 1.74 bits per heavy atom. The molecule has 1 aromatic rings. The molecule has 1 atom stereocenters. The van der Waals surface area contributed by atoms with Crippen molar-refractivity contribution in [2.24, 2.45) is 5.92 Å². The van der Waals surface area contributed by atoms with Crippen molar-refractivity contribution < 1.29 is 9.18 Å². The van der Waals surface area contributed by atoms with E-state index >= 15 is 0 Å². The number of hydrogen-bond donors (Lipinski definition) is 1.